The van der Waals surface area contributed by atoms with Crippen LogP contribution < -0.4 is 5.43 Å². The molecule has 20 heavy (non-hydrogen) atoms. The third-order valence-electron chi connectivity index (χ3n) is 3.67. The minimum absolute atomic E-state index is 0.0683. The third kappa shape index (κ3) is 3.14. The molecule has 1 aromatic heterocycles. The number of pyridine rings is 1. The van der Waals surface area contributed by atoms with Gasteiger partial charge in [-0.05, 0) is 38.8 Å². The summed E-state index contributed by atoms with van der Waals surface area (Å²) in [4.78, 5) is 26.6. The zero-order chi connectivity index (χ0) is 14.7. The molecule has 2 unspecified atom stereocenters. The fourth-order valence-electron chi connectivity index (χ4n) is 2.48. The number of aromatic carboxylic acids is 1. The van der Waals surface area contributed by atoms with Crippen LogP contribution in [-0.4, -0.2) is 39.1 Å². The van der Waals surface area contributed by atoms with Gasteiger partial charge in [0, 0.05) is 18.3 Å². The van der Waals surface area contributed by atoms with E-state index in [1.165, 1.54) is 24.8 Å². The average molecular weight is 277 g/mol. The summed E-state index contributed by atoms with van der Waals surface area (Å²) in [6, 6.07) is 3.41. The van der Waals surface area contributed by atoms with Crippen molar-refractivity contribution in [3.63, 3.8) is 0 Å². The molecule has 0 aliphatic carbocycles. The maximum absolute atomic E-state index is 12.1. The predicted molar refractivity (Wildman–Crippen MR) is 73.3 cm³/mol. The van der Waals surface area contributed by atoms with Crippen molar-refractivity contribution < 1.29 is 14.7 Å². The van der Waals surface area contributed by atoms with Crippen LogP contribution in [0.4, 0.5) is 0 Å². The van der Waals surface area contributed by atoms with E-state index in [-0.39, 0.29) is 11.6 Å². The number of hydrogen-bond acceptors (Lipinski definition) is 4. The summed E-state index contributed by atoms with van der Waals surface area (Å²) in [7, 11) is 0. The van der Waals surface area contributed by atoms with Crippen LogP contribution in [0.1, 0.15) is 54.0 Å². The second-order valence-corrected chi connectivity index (χ2v) is 5.21. The number of amides is 1. The third-order valence-corrected chi connectivity index (χ3v) is 3.67. The molecule has 1 fully saturated rings. The molecule has 1 aliphatic heterocycles. The van der Waals surface area contributed by atoms with Gasteiger partial charge < -0.3 is 5.11 Å². The van der Waals surface area contributed by atoms with Crippen molar-refractivity contribution in [2.24, 2.45) is 0 Å². The fraction of sp³-hybridized carbons (Fsp3) is 0.500. The highest BCUT2D eigenvalue weighted by molar-refractivity contribution is 5.94. The van der Waals surface area contributed by atoms with E-state index in [9.17, 15) is 9.59 Å². The van der Waals surface area contributed by atoms with E-state index in [4.69, 9.17) is 5.11 Å². The summed E-state index contributed by atoms with van der Waals surface area (Å²) >= 11 is 0. The van der Waals surface area contributed by atoms with E-state index in [0.717, 1.165) is 12.8 Å². The Kier molecular flexibility index (Phi) is 4.34. The molecule has 0 bridgehead atoms. The van der Waals surface area contributed by atoms with Gasteiger partial charge in [0.15, 0.2) is 0 Å². The number of nitrogens with one attached hydrogen (secondary N) is 1. The first-order chi connectivity index (χ1) is 9.49. The normalized spacial score (nSPS) is 23.3. The predicted octanol–water partition coefficient (Wildman–Crippen LogP) is 1.69. The molecule has 2 rings (SSSR count). The quantitative estimate of drug-likeness (QED) is 0.878. The van der Waals surface area contributed by atoms with Gasteiger partial charge in [-0.25, -0.2) is 14.8 Å². The first-order valence-corrected chi connectivity index (χ1v) is 6.77. The average Bonchev–Trinajstić information content (AvgIpc) is 2.43. The Bertz CT molecular complexity index is 491. The van der Waals surface area contributed by atoms with Crippen LogP contribution in [0.15, 0.2) is 18.3 Å². The number of hydrazine groups is 1. The van der Waals surface area contributed by atoms with Crippen molar-refractivity contribution >= 4 is 11.9 Å². The lowest BCUT2D eigenvalue weighted by Gasteiger charge is -2.38. The molecule has 6 heteroatoms. The highest BCUT2D eigenvalue weighted by atomic mass is 16.4. The molecule has 2 heterocycles. The first kappa shape index (κ1) is 14.5. The van der Waals surface area contributed by atoms with Crippen LogP contribution in [0.2, 0.25) is 0 Å². The Morgan fingerprint density at radius 2 is 1.95 bits per heavy atom. The number of nitrogens with zero attached hydrogens (tertiary/aromatic N) is 2. The van der Waals surface area contributed by atoms with Crippen LogP contribution in [0.3, 0.4) is 0 Å². The van der Waals surface area contributed by atoms with E-state index >= 15 is 0 Å². The summed E-state index contributed by atoms with van der Waals surface area (Å²) in [5.74, 6) is -1.36. The fourth-order valence-corrected chi connectivity index (χ4v) is 2.48. The minimum Gasteiger partial charge on any atom is -0.477 e. The zero-order valence-corrected chi connectivity index (χ0v) is 11.7. The molecular formula is C14H19N3O3. The van der Waals surface area contributed by atoms with Crippen molar-refractivity contribution in [1.29, 1.82) is 0 Å². The smallest absolute Gasteiger partial charge is 0.354 e. The monoisotopic (exact) mass is 277 g/mol. The van der Waals surface area contributed by atoms with Gasteiger partial charge in [0.2, 0.25) is 0 Å². The molecule has 0 radical (unpaired) electrons. The first-order valence-electron chi connectivity index (χ1n) is 6.77. The Labute approximate surface area is 117 Å². The summed E-state index contributed by atoms with van der Waals surface area (Å²) < 4.78 is 0. The van der Waals surface area contributed by atoms with Crippen LogP contribution in [0, 0.1) is 0 Å². The number of carboxylic acid groups (broad SMARTS) is 1. The largest absolute Gasteiger partial charge is 0.477 e. The number of carboxylic acids is 1. The Balaban J connectivity index is 2.05. The molecule has 0 aromatic carbocycles. The summed E-state index contributed by atoms with van der Waals surface area (Å²) in [6.45, 7) is 4.17. The lowest BCUT2D eigenvalue weighted by atomic mass is 10.00. The van der Waals surface area contributed by atoms with E-state index in [1.54, 1.807) is 0 Å². The van der Waals surface area contributed by atoms with Crippen LogP contribution in [0.25, 0.3) is 0 Å². The molecule has 1 saturated heterocycles. The second-order valence-electron chi connectivity index (χ2n) is 5.21. The van der Waals surface area contributed by atoms with Crippen molar-refractivity contribution in [3.05, 3.63) is 29.6 Å². The van der Waals surface area contributed by atoms with Crippen molar-refractivity contribution in [2.45, 2.75) is 45.2 Å². The van der Waals surface area contributed by atoms with Gasteiger partial charge in [0.1, 0.15) is 5.69 Å². The van der Waals surface area contributed by atoms with Gasteiger partial charge in [-0.3, -0.25) is 10.2 Å². The van der Waals surface area contributed by atoms with Crippen molar-refractivity contribution in [1.82, 2.24) is 15.4 Å². The number of aromatic nitrogens is 1. The minimum atomic E-state index is -1.10. The lowest BCUT2D eigenvalue weighted by Crippen LogP contribution is -2.54. The molecule has 6 nitrogen and oxygen atoms in total. The van der Waals surface area contributed by atoms with Gasteiger partial charge in [-0.15, -0.1) is 0 Å². The summed E-state index contributed by atoms with van der Waals surface area (Å²) in [6.07, 6.45) is 4.57. The summed E-state index contributed by atoms with van der Waals surface area (Å²) in [5.41, 5.74) is 3.18. The highest BCUT2D eigenvalue weighted by Crippen LogP contribution is 2.20. The van der Waals surface area contributed by atoms with Gasteiger partial charge in [-0.1, -0.05) is 6.42 Å². The van der Waals surface area contributed by atoms with Crippen LogP contribution in [0.5, 0.6) is 0 Å². The Hall–Kier alpha value is -1.95. The van der Waals surface area contributed by atoms with Crippen molar-refractivity contribution in [3.8, 4) is 0 Å². The Morgan fingerprint density at radius 1 is 1.30 bits per heavy atom. The van der Waals surface area contributed by atoms with Gasteiger partial charge in [-0.2, -0.15) is 0 Å². The number of rotatable bonds is 3. The molecule has 0 saturated carbocycles. The maximum Gasteiger partial charge on any atom is 0.354 e. The standard InChI is InChI=1S/C14H19N3O3/c1-9-4-3-5-10(2)17(9)16-13(18)11-6-7-12(14(19)20)15-8-11/h6-10H,3-5H2,1-2H3,(H,16,18)(H,19,20). The van der Waals surface area contributed by atoms with Crippen molar-refractivity contribution in [2.75, 3.05) is 0 Å². The lowest BCUT2D eigenvalue weighted by molar-refractivity contribution is 0.0369. The van der Waals surface area contributed by atoms with E-state index in [0.29, 0.717) is 17.6 Å². The zero-order valence-electron chi connectivity index (χ0n) is 11.7. The number of carbonyl (C=O) groups excluding carboxylic acids is 1. The Morgan fingerprint density at radius 3 is 2.45 bits per heavy atom. The van der Waals surface area contributed by atoms with Gasteiger partial charge in [0.25, 0.3) is 5.91 Å². The number of piperidine rings is 1. The SMILES string of the molecule is CC1CCCC(C)N1NC(=O)c1ccc(C(=O)O)nc1. The molecule has 1 aromatic rings. The van der Waals surface area contributed by atoms with Gasteiger partial charge >= 0.3 is 5.97 Å². The van der Waals surface area contributed by atoms with Crippen LogP contribution in [-0.2, 0) is 0 Å². The number of carbonyl (C=O) groups is 2. The molecule has 1 aliphatic rings. The topological polar surface area (TPSA) is 82.5 Å². The summed E-state index contributed by atoms with van der Waals surface area (Å²) in [5, 5.41) is 10.7. The van der Waals surface area contributed by atoms with Crippen LogP contribution >= 0.6 is 0 Å². The number of hydrogen-bond donors (Lipinski definition) is 2. The molecule has 2 N–H and O–H groups in total. The molecular weight excluding hydrogens is 258 g/mol. The van der Waals surface area contributed by atoms with E-state index < -0.39 is 5.97 Å². The maximum atomic E-state index is 12.1. The van der Waals surface area contributed by atoms with E-state index in [2.05, 4.69) is 24.3 Å². The molecule has 0 spiro atoms. The highest BCUT2D eigenvalue weighted by Gasteiger charge is 2.26. The second kappa shape index (κ2) is 6.00. The van der Waals surface area contributed by atoms with Gasteiger partial charge in [0.05, 0.1) is 5.56 Å². The van der Waals surface area contributed by atoms with E-state index in [1.807, 2.05) is 5.01 Å². The molecule has 108 valence electrons. The molecule has 2 atom stereocenters. The molecule has 1 amide bonds.